The minimum atomic E-state index is 0.127. The minimum Gasteiger partial charge on any atom is -0.329 e. The summed E-state index contributed by atoms with van der Waals surface area (Å²) in [5.74, 6) is 0.447. The first-order chi connectivity index (χ1) is 9.81. The van der Waals surface area contributed by atoms with E-state index in [9.17, 15) is 0 Å². The van der Waals surface area contributed by atoms with Gasteiger partial charge in [-0.15, -0.1) is 0 Å². The van der Waals surface area contributed by atoms with Crippen LogP contribution in [-0.2, 0) is 0 Å². The Morgan fingerprint density at radius 2 is 1.25 bits per heavy atom. The second kappa shape index (κ2) is 7.83. The molecule has 2 aromatic rings. The molecular weight excluding hydrogens is 244 g/mol. The number of hydrogen-bond acceptors (Lipinski definition) is 2. The van der Waals surface area contributed by atoms with Crippen LogP contribution in [0.2, 0.25) is 0 Å². The maximum Gasteiger partial charge on any atom is 0.0163 e. The highest BCUT2D eigenvalue weighted by Gasteiger charge is 2.13. The third-order valence-electron chi connectivity index (χ3n) is 3.77. The molecule has 0 saturated carbocycles. The number of benzene rings is 2. The van der Waals surface area contributed by atoms with Crippen LogP contribution in [0.3, 0.4) is 0 Å². The predicted octanol–water partition coefficient (Wildman–Crippen LogP) is 3.27. The van der Waals surface area contributed by atoms with Crippen LogP contribution in [-0.4, -0.2) is 12.6 Å². The summed E-state index contributed by atoms with van der Waals surface area (Å²) in [5, 5.41) is 0. The Kier molecular flexibility index (Phi) is 5.78. The Labute approximate surface area is 121 Å². The molecule has 0 aromatic heterocycles. The van der Waals surface area contributed by atoms with Crippen LogP contribution < -0.4 is 11.5 Å². The molecule has 0 aliphatic rings. The highest BCUT2D eigenvalue weighted by Crippen LogP contribution is 2.29. The maximum absolute atomic E-state index is 5.91. The van der Waals surface area contributed by atoms with Crippen LogP contribution >= 0.6 is 0 Å². The second-order valence-corrected chi connectivity index (χ2v) is 5.30. The molecule has 2 aromatic carbocycles. The van der Waals surface area contributed by atoms with Crippen molar-refractivity contribution < 1.29 is 0 Å². The van der Waals surface area contributed by atoms with Crippen LogP contribution in [0.1, 0.15) is 36.3 Å². The molecule has 0 aliphatic carbocycles. The van der Waals surface area contributed by atoms with Crippen molar-refractivity contribution in [2.45, 2.75) is 31.2 Å². The lowest BCUT2D eigenvalue weighted by atomic mass is 9.86. The van der Waals surface area contributed by atoms with Gasteiger partial charge in [0.2, 0.25) is 0 Å². The Balaban J connectivity index is 2.09. The second-order valence-electron chi connectivity index (χ2n) is 5.30. The number of rotatable bonds is 7. The predicted molar refractivity (Wildman–Crippen MR) is 85.6 cm³/mol. The third kappa shape index (κ3) is 4.19. The topological polar surface area (TPSA) is 52.0 Å². The summed E-state index contributed by atoms with van der Waals surface area (Å²) in [4.78, 5) is 0. The molecule has 1 atom stereocenters. The zero-order valence-electron chi connectivity index (χ0n) is 11.9. The van der Waals surface area contributed by atoms with E-state index in [1.165, 1.54) is 11.1 Å². The zero-order valence-corrected chi connectivity index (χ0v) is 11.9. The van der Waals surface area contributed by atoms with Crippen molar-refractivity contribution in [1.82, 2.24) is 0 Å². The molecule has 20 heavy (non-hydrogen) atoms. The van der Waals surface area contributed by atoms with Gasteiger partial charge in [-0.3, -0.25) is 0 Å². The van der Waals surface area contributed by atoms with Crippen LogP contribution in [0.25, 0.3) is 0 Å². The van der Waals surface area contributed by atoms with Crippen LogP contribution in [0.5, 0.6) is 0 Å². The van der Waals surface area contributed by atoms with Gasteiger partial charge < -0.3 is 11.5 Å². The fraction of sp³-hybridized carbons (Fsp3) is 0.333. The fourth-order valence-electron chi connectivity index (χ4n) is 2.60. The SMILES string of the molecule is NCC(N)CCCC(c1ccccc1)c1ccccc1. The summed E-state index contributed by atoms with van der Waals surface area (Å²) in [6, 6.07) is 21.5. The zero-order chi connectivity index (χ0) is 14.2. The molecule has 106 valence electrons. The highest BCUT2D eigenvalue weighted by molar-refractivity contribution is 5.32. The van der Waals surface area contributed by atoms with Crippen LogP contribution in [0.4, 0.5) is 0 Å². The molecule has 0 bridgehead atoms. The molecule has 0 fully saturated rings. The van der Waals surface area contributed by atoms with Crippen molar-refractivity contribution in [1.29, 1.82) is 0 Å². The van der Waals surface area contributed by atoms with Crippen LogP contribution in [0, 0.1) is 0 Å². The average Bonchev–Trinajstić information content (AvgIpc) is 2.53. The minimum absolute atomic E-state index is 0.127. The van der Waals surface area contributed by atoms with Gasteiger partial charge in [0.15, 0.2) is 0 Å². The van der Waals surface area contributed by atoms with Gasteiger partial charge in [-0.1, -0.05) is 67.1 Å². The Hall–Kier alpha value is -1.64. The van der Waals surface area contributed by atoms with Crippen molar-refractivity contribution in [3.8, 4) is 0 Å². The molecule has 0 saturated heterocycles. The first kappa shape index (κ1) is 14.8. The lowest BCUT2D eigenvalue weighted by molar-refractivity contribution is 0.550. The standard InChI is InChI=1S/C18H24N2/c19-14-17(20)12-7-13-18(15-8-3-1-4-9-15)16-10-5-2-6-11-16/h1-6,8-11,17-18H,7,12-14,19-20H2. The first-order valence-electron chi connectivity index (χ1n) is 7.37. The van der Waals surface area contributed by atoms with E-state index in [-0.39, 0.29) is 6.04 Å². The van der Waals surface area contributed by atoms with Crippen molar-refractivity contribution in [3.63, 3.8) is 0 Å². The van der Waals surface area contributed by atoms with Gasteiger partial charge in [0, 0.05) is 18.5 Å². The van der Waals surface area contributed by atoms with Gasteiger partial charge >= 0.3 is 0 Å². The van der Waals surface area contributed by atoms with E-state index in [0.29, 0.717) is 12.5 Å². The van der Waals surface area contributed by atoms with E-state index in [4.69, 9.17) is 11.5 Å². The molecule has 2 nitrogen and oxygen atoms in total. The van der Waals surface area contributed by atoms with Gasteiger partial charge in [-0.05, 0) is 24.0 Å². The third-order valence-corrected chi connectivity index (χ3v) is 3.77. The normalized spacial score (nSPS) is 12.6. The Bertz CT molecular complexity index is 442. The fourth-order valence-corrected chi connectivity index (χ4v) is 2.60. The van der Waals surface area contributed by atoms with E-state index in [0.717, 1.165) is 19.3 Å². The molecule has 0 spiro atoms. The highest BCUT2D eigenvalue weighted by atomic mass is 14.7. The Morgan fingerprint density at radius 3 is 1.70 bits per heavy atom. The molecule has 0 aliphatic heterocycles. The van der Waals surface area contributed by atoms with E-state index in [1.807, 2.05) is 0 Å². The summed E-state index contributed by atoms with van der Waals surface area (Å²) >= 11 is 0. The van der Waals surface area contributed by atoms with Crippen LogP contribution in [0.15, 0.2) is 60.7 Å². The molecule has 2 rings (SSSR count). The largest absolute Gasteiger partial charge is 0.329 e. The Morgan fingerprint density at radius 1 is 0.750 bits per heavy atom. The van der Waals surface area contributed by atoms with Gasteiger partial charge in [-0.2, -0.15) is 0 Å². The molecule has 4 N–H and O–H groups in total. The van der Waals surface area contributed by atoms with Crippen molar-refractivity contribution in [2.75, 3.05) is 6.54 Å². The van der Waals surface area contributed by atoms with Gasteiger partial charge in [0.25, 0.3) is 0 Å². The van der Waals surface area contributed by atoms with Crippen molar-refractivity contribution in [2.24, 2.45) is 11.5 Å². The van der Waals surface area contributed by atoms with Gasteiger partial charge in [0.05, 0.1) is 0 Å². The summed E-state index contributed by atoms with van der Waals surface area (Å²) in [6.45, 7) is 0.571. The summed E-state index contributed by atoms with van der Waals surface area (Å²) in [5.41, 5.74) is 14.2. The van der Waals surface area contributed by atoms with Crippen molar-refractivity contribution >= 4 is 0 Å². The lowest BCUT2D eigenvalue weighted by Gasteiger charge is -2.19. The average molecular weight is 268 g/mol. The quantitative estimate of drug-likeness (QED) is 0.809. The van der Waals surface area contributed by atoms with E-state index in [1.54, 1.807) is 0 Å². The molecule has 0 amide bonds. The number of nitrogens with two attached hydrogens (primary N) is 2. The maximum atomic E-state index is 5.91. The smallest absolute Gasteiger partial charge is 0.0163 e. The summed E-state index contributed by atoms with van der Waals surface area (Å²) in [7, 11) is 0. The molecule has 2 heteroatoms. The van der Waals surface area contributed by atoms with E-state index < -0.39 is 0 Å². The van der Waals surface area contributed by atoms with E-state index >= 15 is 0 Å². The van der Waals surface area contributed by atoms with Gasteiger partial charge in [0.1, 0.15) is 0 Å². The monoisotopic (exact) mass is 268 g/mol. The first-order valence-corrected chi connectivity index (χ1v) is 7.37. The lowest BCUT2D eigenvalue weighted by Crippen LogP contribution is -2.29. The van der Waals surface area contributed by atoms with E-state index in [2.05, 4.69) is 60.7 Å². The van der Waals surface area contributed by atoms with Gasteiger partial charge in [-0.25, -0.2) is 0 Å². The molecular formula is C18H24N2. The van der Waals surface area contributed by atoms with Crippen molar-refractivity contribution in [3.05, 3.63) is 71.8 Å². The summed E-state index contributed by atoms with van der Waals surface area (Å²) in [6.07, 6.45) is 3.21. The molecule has 1 unspecified atom stereocenters. The number of hydrogen-bond donors (Lipinski definition) is 2. The molecule has 0 heterocycles. The summed E-state index contributed by atoms with van der Waals surface area (Å²) < 4.78 is 0. The molecule has 0 radical (unpaired) electrons.